The quantitative estimate of drug-likeness (QED) is 0.821. The molecule has 3 atom stereocenters. The van der Waals surface area contributed by atoms with Crippen molar-refractivity contribution in [2.75, 3.05) is 20.1 Å². The van der Waals surface area contributed by atoms with E-state index in [1.54, 1.807) is 0 Å². The monoisotopic (exact) mass is 280 g/mol. The maximum atomic E-state index is 3.61. The zero-order valence-corrected chi connectivity index (χ0v) is 14.2. The maximum absolute atomic E-state index is 3.61. The van der Waals surface area contributed by atoms with Gasteiger partial charge in [0.25, 0.3) is 0 Å². The first kappa shape index (κ1) is 16.3. The van der Waals surface area contributed by atoms with Crippen LogP contribution in [0.5, 0.6) is 0 Å². The van der Waals surface area contributed by atoms with E-state index in [0.717, 1.165) is 29.8 Å². The van der Waals surface area contributed by atoms with Crippen LogP contribution in [-0.4, -0.2) is 37.1 Å². The Hall–Kier alpha value is -0.0800. The molecule has 0 aromatic heterocycles. The van der Waals surface area contributed by atoms with Crippen molar-refractivity contribution in [1.82, 2.24) is 10.2 Å². The lowest BCUT2D eigenvalue weighted by Crippen LogP contribution is -2.54. The second-order valence-electron chi connectivity index (χ2n) is 7.55. The molecule has 118 valence electrons. The van der Waals surface area contributed by atoms with Crippen molar-refractivity contribution in [2.45, 2.75) is 77.8 Å². The Balaban J connectivity index is 1.91. The van der Waals surface area contributed by atoms with E-state index in [-0.39, 0.29) is 0 Å². The molecule has 1 N–H and O–H groups in total. The minimum atomic E-state index is 0.735. The van der Waals surface area contributed by atoms with E-state index in [2.05, 4.69) is 38.0 Å². The van der Waals surface area contributed by atoms with Gasteiger partial charge >= 0.3 is 0 Å². The summed E-state index contributed by atoms with van der Waals surface area (Å²) in [6, 6.07) is 1.54. The van der Waals surface area contributed by atoms with Crippen LogP contribution in [0.4, 0.5) is 0 Å². The number of nitrogens with zero attached hydrogens (tertiary/aromatic N) is 1. The minimum absolute atomic E-state index is 0.735. The number of piperidine rings is 1. The molecule has 1 saturated carbocycles. The molecule has 0 spiro atoms. The molecule has 0 bridgehead atoms. The first-order valence-electron chi connectivity index (χ1n) is 9.07. The predicted molar refractivity (Wildman–Crippen MR) is 88.0 cm³/mol. The molecule has 0 radical (unpaired) electrons. The van der Waals surface area contributed by atoms with E-state index in [9.17, 15) is 0 Å². The van der Waals surface area contributed by atoms with E-state index < -0.39 is 0 Å². The Morgan fingerprint density at radius 1 is 1.10 bits per heavy atom. The van der Waals surface area contributed by atoms with Gasteiger partial charge in [-0.1, -0.05) is 33.6 Å². The zero-order chi connectivity index (χ0) is 14.5. The van der Waals surface area contributed by atoms with Gasteiger partial charge in [-0.2, -0.15) is 0 Å². The van der Waals surface area contributed by atoms with Gasteiger partial charge in [0, 0.05) is 12.1 Å². The average molecular weight is 281 g/mol. The van der Waals surface area contributed by atoms with Crippen LogP contribution >= 0.6 is 0 Å². The van der Waals surface area contributed by atoms with Crippen LogP contribution in [0.3, 0.4) is 0 Å². The highest BCUT2D eigenvalue weighted by molar-refractivity contribution is 4.92. The lowest BCUT2D eigenvalue weighted by atomic mass is 9.78. The fourth-order valence-corrected chi connectivity index (χ4v) is 4.56. The summed E-state index contributed by atoms with van der Waals surface area (Å²) < 4.78 is 0. The standard InChI is InChI=1S/C18H36N2/c1-5-6-15-7-8-17(19-4)18(13-15)20-11-9-16(10-12-20)14(2)3/h14-19H,5-13H2,1-4H3. The summed E-state index contributed by atoms with van der Waals surface area (Å²) in [5, 5.41) is 3.61. The van der Waals surface area contributed by atoms with E-state index >= 15 is 0 Å². The number of likely N-dealkylation sites (N-methyl/N-ethyl adjacent to an activating group) is 1. The van der Waals surface area contributed by atoms with Crippen LogP contribution in [-0.2, 0) is 0 Å². The molecule has 0 aromatic carbocycles. The van der Waals surface area contributed by atoms with Gasteiger partial charge < -0.3 is 5.32 Å². The summed E-state index contributed by atoms with van der Waals surface area (Å²) in [7, 11) is 2.17. The van der Waals surface area contributed by atoms with Crippen LogP contribution in [0, 0.1) is 17.8 Å². The third kappa shape index (κ3) is 3.98. The first-order valence-corrected chi connectivity index (χ1v) is 9.07. The molecule has 1 saturated heterocycles. The molecule has 2 aliphatic rings. The molecule has 1 aliphatic carbocycles. The van der Waals surface area contributed by atoms with Crippen LogP contribution in [0.2, 0.25) is 0 Å². The normalized spacial score (nSPS) is 33.8. The lowest BCUT2D eigenvalue weighted by molar-refractivity contribution is 0.0573. The van der Waals surface area contributed by atoms with Gasteiger partial charge in [0.2, 0.25) is 0 Å². The summed E-state index contributed by atoms with van der Waals surface area (Å²) in [5.41, 5.74) is 0. The maximum Gasteiger partial charge on any atom is 0.0251 e. The Labute approximate surface area is 126 Å². The highest BCUT2D eigenvalue weighted by atomic mass is 15.2. The Morgan fingerprint density at radius 3 is 2.35 bits per heavy atom. The SMILES string of the molecule is CCCC1CCC(NC)C(N2CCC(C(C)C)CC2)C1. The largest absolute Gasteiger partial charge is 0.315 e. The average Bonchev–Trinajstić information content (AvgIpc) is 2.47. The van der Waals surface area contributed by atoms with Crippen molar-refractivity contribution in [3.63, 3.8) is 0 Å². The van der Waals surface area contributed by atoms with Crippen molar-refractivity contribution in [2.24, 2.45) is 17.8 Å². The van der Waals surface area contributed by atoms with Crippen LogP contribution < -0.4 is 5.32 Å². The first-order chi connectivity index (χ1) is 9.65. The second kappa shape index (κ2) is 7.79. The molecule has 2 nitrogen and oxygen atoms in total. The van der Waals surface area contributed by atoms with E-state index in [1.807, 2.05) is 0 Å². The smallest absolute Gasteiger partial charge is 0.0251 e. The molecule has 20 heavy (non-hydrogen) atoms. The van der Waals surface area contributed by atoms with Gasteiger partial charge in [0.05, 0.1) is 0 Å². The zero-order valence-electron chi connectivity index (χ0n) is 14.2. The summed E-state index contributed by atoms with van der Waals surface area (Å²) >= 11 is 0. The Bertz CT molecular complexity index is 269. The minimum Gasteiger partial charge on any atom is -0.315 e. The number of rotatable bonds is 5. The van der Waals surface area contributed by atoms with Crippen LogP contribution in [0.15, 0.2) is 0 Å². The van der Waals surface area contributed by atoms with Crippen molar-refractivity contribution < 1.29 is 0 Å². The van der Waals surface area contributed by atoms with Crippen LogP contribution in [0.1, 0.15) is 65.7 Å². The predicted octanol–water partition coefficient (Wildman–Crippen LogP) is 3.91. The molecular weight excluding hydrogens is 244 g/mol. The summed E-state index contributed by atoms with van der Waals surface area (Å²) in [6.07, 6.45) is 9.90. The number of hydrogen-bond acceptors (Lipinski definition) is 2. The summed E-state index contributed by atoms with van der Waals surface area (Å²) in [4.78, 5) is 2.82. The van der Waals surface area contributed by atoms with Crippen molar-refractivity contribution >= 4 is 0 Å². The van der Waals surface area contributed by atoms with Crippen molar-refractivity contribution in [3.05, 3.63) is 0 Å². The molecule has 2 fully saturated rings. The third-order valence-electron chi connectivity index (χ3n) is 5.98. The topological polar surface area (TPSA) is 15.3 Å². The number of nitrogens with one attached hydrogen (secondary N) is 1. The molecule has 2 heteroatoms. The number of likely N-dealkylation sites (tertiary alicyclic amines) is 1. The molecule has 0 aromatic rings. The fourth-order valence-electron chi connectivity index (χ4n) is 4.56. The van der Waals surface area contributed by atoms with Gasteiger partial charge in [-0.05, 0) is 70.0 Å². The van der Waals surface area contributed by atoms with Gasteiger partial charge in [-0.25, -0.2) is 0 Å². The molecule has 1 heterocycles. The molecule has 0 amide bonds. The fraction of sp³-hybridized carbons (Fsp3) is 1.00. The highest BCUT2D eigenvalue weighted by Gasteiger charge is 2.35. The second-order valence-corrected chi connectivity index (χ2v) is 7.55. The van der Waals surface area contributed by atoms with Gasteiger partial charge in [-0.15, -0.1) is 0 Å². The lowest BCUT2D eigenvalue weighted by Gasteiger charge is -2.46. The Morgan fingerprint density at radius 2 is 1.80 bits per heavy atom. The highest BCUT2D eigenvalue weighted by Crippen LogP contribution is 2.34. The van der Waals surface area contributed by atoms with Crippen LogP contribution in [0.25, 0.3) is 0 Å². The third-order valence-corrected chi connectivity index (χ3v) is 5.98. The van der Waals surface area contributed by atoms with E-state index in [0.29, 0.717) is 0 Å². The van der Waals surface area contributed by atoms with E-state index in [4.69, 9.17) is 0 Å². The molecule has 1 aliphatic heterocycles. The van der Waals surface area contributed by atoms with E-state index in [1.165, 1.54) is 58.0 Å². The van der Waals surface area contributed by atoms with Crippen molar-refractivity contribution in [1.29, 1.82) is 0 Å². The molecule has 2 rings (SSSR count). The summed E-state index contributed by atoms with van der Waals surface area (Å²) in [6.45, 7) is 9.81. The Kier molecular flexibility index (Phi) is 6.35. The van der Waals surface area contributed by atoms with Crippen molar-refractivity contribution in [3.8, 4) is 0 Å². The summed E-state index contributed by atoms with van der Waals surface area (Å²) in [5.74, 6) is 2.82. The van der Waals surface area contributed by atoms with Gasteiger partial charge in [0.1, 0.15) is 0 Å². The van der Waals surface area contributed by atoms with Gasteiger partial charge in [-0.3, -0.25) is 4.90 Å². The molecule has 3 unspecified atom stereocenters. The number of hydrogen-bond donors (Lipinski definition) is 1. The van der Waals surface area contributed by atoms with Gasteiger partial charge in [0.15, 0.2) is 0 Å². The molecular formula is C18H36N2.